The van der Waals surface area contributed by atoms with Crippen molar-refractivity contribution in [3.05, 3.63) is 52.6 Å². The molecule has 0 aliphatic rings. The largest absolute Gasteiger partial charge is 0.495 e. The minimum absolute atomic E-state index is 0.298. The van der Waals surface area contributed by atoms with Gasteiger partial charge >= 0.3 is 6.03 Å². The van der Waals surface area contributed by atoms with Gasteiger partial charge in [0.1, 0.15) is 11.5 Å². The molecule has 2 aromatic carbocycles. The van der Waals surface area contributed by atoms with Crippen molar-refractivity contribution in [2.45, 2.75) is 13.0 Å². The van der Waals surface area contributed by atoms with E-state index in [0.717, 1.165) is 12.1 Å². The topological polar surface area (TPSA) is 59.6 Å². The number of hydrogen-bond acceptors (Lipinski definition) is 3. The van der Waals surface area contributed by atoms with Gasteiger partial charge in [-0.25, -0.2) is 13.6 Å². The fourth-order valence-corrected chi connectivity index (χ4v) is 2.42. The lowest BCUT2D eigenvalue weighted by atomic mass is 10.1. The van der Waals surface area contributed by atoms with Gasteiger partial charge in [-0.05, 0) is 30.7 Å². The van der Waals surface area contributed by atoms with Gasteiger partial charge in [0.15, 0.2) is 11.6 Å². The van der Waals surface area contributed by atoms with Gasteiger partial charge in [0.05, 0.1) is 31.0 Å². The smallest absolute Gasteiger partial charge is 0.319 e. The van der Waals surface area contributed by atoms with E-state index in [1.54, 1.807) is 6.92 Å². The van der Waals surface area contributed by atoms with Crippen molar-refractivity contribution in [1.29, 1.82) is 0 Å². The summed E-state index contributed by atoms with van der Waals surface area (Å²) in [6.45, 7) is 1.64. The van der Waals surface area contributed by atoms with E-state index < -0.39 is 23.7 Å². The zero-order chi connectivity index (χ0) is 18.6. The lowest BCUT2D eigenvalue weighted by molar-refractivity contribution is 0.249. The number of urea groups is 1. The third kappa shape index (κ3) is 4.51. The molecule has 1 atom stereocenters. The van der Waals surface area contributed by atoms with Crippen LogP contribution in [0.1, 0.15) is 18.5 Å². The highest BCUT2D eigenvalue weighted by Crippen LogP contribution is 2.35. The first kappa shape index (κ1) is 18.8. The van der Waals surface area contributed by atoms with E-state index in [2.05, 4.69) is 10.6 Å². The molecule has 2 amide bonds. The second-order valence-corrected chi connectivity index (χ2v) is 5.59. The number of nitrogens with one attached hydrogen (secondary N) is 2. The molecule has 0 saturated carbocycles. The molecule has 0 aromatic heterocycles. The highest BCUT2D eigenvalue weighted by Gasteiger charge is 2.15. The minimum atomic E-state index is -0.977. The van der Waals surface area contributed by atoms with Gasteiger partial charge in [0, 0.05) is 6.07 Å². The average molecular weight is 371 g/mol. The van der Waals surface area contributed by atoms with Crippen LogP contribution in [0.3, 0.4) is 0 Å². The van der Waals surface area contributed by atoms with E-state index in [-0.39, 0.29) is 0 Å². The molecule has 2 N–H and O–H groups in total. The van der Waals surface area contributed by atoms with Gasteiger partial charge in [-0.15, -0.1) is 0 Å². The molecule has 8 heteroatoms. The van der Waals surface area contributed by atoms with Crippen LogP contribution in [0.5, 0.6) is 11.5 Å². The predicted octanol–water partition coefficient (Wildman–Crippen LogP) is 4.52. The number of hydrogen-bond donors (Lipinski definition) is 2. The summed E-state index contributed by atoms with van der Waals surface area (Å²) >= 11 is 6.05. The van der Waals surface area contributed by atoms with Gasteiger partial charge in [0.2, 0.25) is 0 Å². The Balaban J connectivity index is 2.11. The van der Waals surface area contributed by atoms with Crippen LogP contribution < -0.4 is 20.1 Å². The predicted molar refractivity (Wildman–Crippen MR) is 91.5 cm³/mol. The van der Waals surface area contributed by atoms with Crippen molar-refractivity contribution in [1.82, 2.24) is 5.32 Å². The Morgan fingerprint density at radius 1 is 1.08 bits per heavy atom. The van der Waals surface area contributed by atoms with Crippen LogP contribution in [0.2, 0.25) is 5.02 Å². The summed E-state index contributed by atoms with van der Waals surface area (Å²) in [5, 5.41) is 5.52. The Labute approximate surface area is 148 Å². The van der Waals surface area contributed by atoms with Crippen molar-refractivity contribution in [3.8, 4) is 11.5 Å². The number of amides is 2. The van der Waals surface area contributed by atoms with E-state index in [9.17, 15) is 13.6 Å². The van der Waals surface area contributed by atoms with Crippen LogP contribution in [0.4, 0.5) is 19.3 Å². The lowest BCUT2D eigenvalue weighted by Crippen LogP contribution is -2.31. The number of methoxy groups -OCH3 is 2. The summed E-state index contributed by atoms with van der Waals surface area (Å²) < 4.78 is 36.5. The molecule has 5 nitrogen and oxygen atoms in total. The minimum Gasteiger partial charge on any atom is -0.495 e. The normalized spacial score (nSPS) is 11.6. The van der Waals surface area contributed by atoms with Crippen LogP contribution in [-0.2, 0) is 0 Å². The van der Waals surface area contributed by atoms with Crippen LogP contribution >= 0.6 is 11.6 Å². The molecule has 0 aliphatic carbocycles. The number of halogens is 3. The monoisotopic (exact) mass is 370 g/mol. The number of carbonyl (C=O) groups excluding carboxylic acids is 1. The summed E-state index contributed by atoms with van der Waals surface area (Å²) in [6.07, 6.45) is 0. The Morgan fingerprint density at radius 3 is 2.36 bits per heavy atom. The van der Waals surface area contributed by atoms with E-state index in [1.165, 1.54) is 32.4 Å². The van der Waals surface area contributed by atoms with Crippen molar-refractivity contribution in [2.24, 2.45) is 0 Å². The summed E-state index contributed by atoms with van der Waals surface area (Å²) in [5.41, 5.74) is 0.761. The van der Waals surface area contributed by atoms with Gasteiger partial charge < -0.3 is 20.1 Å². The van der Waals surface area contributed by atoms with Gasteiger partial charge in [0.25, 0.3) is 0 Å². The van der Waals surface area contributed by atoms with Crippen molar-refractivity contribution in [2.75, 3.05) is 19.5 Å². The lowest BCUT2D eigenvalue weighted by Gasteiger charge is -2.17. The van der Waals surface area contributed by atoms with Crippen LogP contribution in [0, 0.1) is 11.6 Å². The van der Waals surface area contributed by atoms with Crippen LogP contribution in [-0.4, -0.2) is 20.3 Å². The second-order valence-electron chi connectivity index (χ2n) is 5.18. The molecule has 0 radical (unpaired) electrons. The highest BCUT2D eigenvalue weighted by molar-refractivity contribution is 6.32. The molecule has 25 heavy (non-hydrogen) atoms. The number of ether oxygens (including phenoxy) is 2. The van der Waals surface area contributed by atoms with Gasteiger partial charge in [-0.2, -0.15) is 0 Å². The Bertz CT molecular complexity index is 787. The number of anilines is 1. The molecular formula is C17H17ClF2N2O3. The van der Waals surface area contributed by atoms with Crippen molar-refractivity contribution in [3.63, 3.8) is 0 Å². The SMILES string of the molecule is COc1cc(OC)c(NC(=O)N[C@H](C)c2ccc(F)c(F)c2)cc1Cl. The maximum atomic E-state index is 13.3. The van der Waals surface area contributed by atoms with Gasteiger partial charge in [-0.1, -0.05) is 17.7 Å². The second kappa shape index (κ2) is 8.02. The summed E-state index contributed by atoms with van der Waals surface area (Å²) in [5.74, 6) is -1.16. The third-order valence-corrected chi connectivity index (χ3v) is 3.81. The molecule has 0 heterocycles. The molecular weight excluding hydrogens is 354 g/mol. The van der Waals surface area contributed by atoms with Gasteiger partial charge in [-0.3, -0.25) is 0 Å². The standard InChI is InChI=1S/C17H17ClF2N2O3/c1-9(10-4-5-12(19)13(20)6-10)21-17(23)22-14-7-11(18)15(24-2)8-16(14)25-3/h4-9H,1-3H3,(H2,21,22,23)/t9-/m1/s1. The first-order valence-corrected chi connectivity index (χ1v) is 7.67. The fourth-order valence-electron chi connectivity index (χ4n) is 2.18. The van der Waals surface area contributed by atoms with Crippen molar-refractivity contribution < 1.29 is 23.0 Å². The first-order valence-electron chi connectivity index (χ1n) is 7.29. The maximum Gasteiger partial charge on any atom is 0.319 e. The van der Waals surface area contributed by atoms with Crippen molar-refractivity contribution >= 4 is 23.3 Å². The van der Waals surface area contributed by atoms with E-state index in [0.29, 0.717) is 27.8 Å². The zero-order valence-electron chi connectivity index (χ0n) is 13.8. The first-order chi connectivity index (χ1) is 11.8. The molecule has 2 aromatic rings. The fraction of sp³-hybridized carbons (Fsp3) is 0.235. The summed E-state index contributed by atoms with van der Waals surface area (Å²) in [7, 11) is 2.90. The van der Waals surface area contributed by atoms with E-state index in [4.69, 9.17) is 21.1 Å². The molecule has 134 valence electrons. The maximum absolute atomic E-state index is 13.3. The number of rotatable bonds is 5. The number of benzene rings is 2. The molecule has 0 unspecified atom stereocenters. The van der Waals surface area contributed by atoms with Crippen LogP contribution in [0.15, 0.2) is 30.3 Å². The van der Waals surface area contributed by atoms with Crippen LogP contribution in [0.25, 0.3) is 0 Å². The molecule has 0 saturated heterocycles. The molecule has 0 bridgehead atoms. The highest BCUT2D eigenvalue weighted by atomic mass is 35.5. The quantitative estimate of drug-likeness (QED) is 0.813. The molecule has 0 aliphatic heterocycles. The Kier molecular flexibility index (Phi) is 6.03. The third-order valence-electron chi connectivity index (χ3n) is 3.51. The van der Waals surface area contributed by atoms with E-state index in [1.807, 2.05) is 0 Å². The van der Waals surface area contributed by atoms with E-state index >= 15 is 0 Å². The average Bonchev–Trinajstić information content (AvgIpc) is 2.57. The number of carbonyl (C=O) groups is 1. The zero-order valence-corrected chi connectivity index (χ0v) is 14.6. The molecule has 0 spiro atoms. The summed E-state index contributed by atoms with van der Waals surface area (Å²) in [6, 6.07) is 5.36. The Morgan fingerprint density at radius 2 is 1.76 bits per heavy atom. The molecule has 0 fully saturated rings. The molecule has 2 rings (SSSR count). The summed E-state index contributed by atoms with van der Waals surface area (Å²) in [4.78, 5) is 12.2. The Hall–Kier alpha value is -2.54.